The Hall–Kier alpha value is -1.98. The van der Waals surface area contributed by atoms with Crippen LogP contribution in [0.4, 0.5) is 0 Å². The van der Waals surface area contributed by atoms with Gasteiger partial charge in [0, 0.05) is 6.42 Å². The van der Waals surface area contributed by atoms with Crippen molar-refractivity contribution in [1.29, 1.82) is 0 Å². The van der Waals surface area contributed by atoms with Gasteiger partial charge in [-0.1, -0.05) is 23.8 Å². The van der Waals surface area contributed by atoms with Crippen LogP contribution in [-0.4, -0.2) is 35.9 Å². The van der Waals surface area contributed by atoms with Gasteiger partial charge in [-0.2, -0.15) is 0 Å². The lowest BCUT2D eigenvalue weighted by Crippen LogP contribution is -2.30. The molecule has 0 aliphatic carbocycles. The second-order valence-electron chi connectivity index (χ2n) is 8.36. The molecule has 2 aliphatic heterocycles. The zero-order valence-corrected chi connectivity index (χ0v) is 17.4. The third-order valence-corrected chi connectivity index (χ3v) is 5.22. The number of hydrogen-bond donors (Lipinski definition) is 0. The van der Waals surface area contributed by atoms with Gasteiger partial charge in [0.1, 0.15) is 12.2 Å². The largest absolute Gasteiger partial charge is 0.459 e. The maximum atomic E-state index is 12.8. The summed E-state index contributed by atoms with van der Waals surface area (Å²) in [5.74, 6) is -1.17. The highest BCUT2D eigenvalue weighted by Crippen LogP contribution is 2.32. The molecule has 0 saturated carbocycles. The summed E-state index contributed by atoms with van der Waals surface area (Å²) in [4.78, 5) is 25.4. The van der Waals surface area contributed by atoms with Crippen LogP contribution in [0.3, 0.4) is 0 Å². The summed E-state index contributed by atoms with van der Waals surface area (Å²) in [6.07, 6.45) is 4.75. The van der Waals surface area contributed by atoms with E-state index in [0.717, 1.165) is 29.5 Å². The van der Waals surface area contributed by atoms with E-state index >= 15 is 0 Å². The minimum absolute atomic E-state index is 0.0988. The monoisotopic (exact) mass is 386 g/mol. The van der Waals surface area contributed by atoms with Gasteiger partial charge in [0.25, 0.3) is 0 Å². The van der Waals surface area contributed by atoms with E-state index in [4.69, 9.17) is 14.2 Å². The summed E-state index contributed by atoms with van der Waals surface area (Å²) in [5.41, 5.74) is 3.71. The fraction of sp³-hybridized carbons (Fsp3) is 0.565. The first-order valence-electron chi connectivity index (χ1n) is 10.0. The van der Waals surface area contributed by atoms with E-state index in [1.807, 2.05) is 40.7 Å². The van der Waals surface area contributed by atoms with Crippen molar-refractivity contribution in [3.63, 3.8) is 0 Å². The number of carbonyl (C=O) groups excluding carboxylic acids is 2. The van der Waals surface area contributed by atoms with Gasteiger partial charge in [-0.25, -0.2) is 4.79 Å². The van der Waals surface area contributed by atoms with Gasteiger partial charge >= 0.3 is 5.97 Å². The van der Waals surface area contributed by atoms with E-state index in [2.05, 4.69) is 6.07 Å². The average Bonchev–Trinajstić information content (AvgIpc) is 2.88. The molecule has 0 amide bonds. The highest BCUT2D eigenvalue weighted by molar-refractivity contribution is 5.94. The van der Waals surface area contributed by atoms with Crippen molar-refractivity contribution in [3.05, 3.63) is 46.5 Å². The summed E-state index contributed by atoms with van der Waals surface area (Å²) < 4.78 is 17.5. The summed E-state index contributed by atoms with van der Waals surface area (Å²) in [6, 6.07) is 4.07. The van der Waals surface area contributed by atoms with Gasteiger partial charge in [-0.15, -0.1) is 0 Å². The number of cyclic esters (lactones) is 1. The molecular weight excluding hydrogens is 356 g/mol. The quantitative estimate of drug-likeness (QED) is 0.625. The van der Waals surface area contributed by atoms with Gasteiger partial charge in [-0.05, 0) is 71.1 Å². The van der Waals surface area contributed by atoms with E-state index in [9.17, 15) is 9.59 Å². The van der Waals surface area contributed by atoms with Crippen molar-refractivity contribution >= 4 is 11.8 Å². The van der Waals surface area contributed by atoms with Crippen molar-refractivity contribution in [2.75, 3.05) is 0 Å². The van der Waals surface area contributed by atoms with Crippen molar-refractivity contribution < 1.29 is 23.8 Å². The number of ether oxygens (including phenoxy) is 3. The molecule has 1 aromatic rings. The topological polar surface area (TPSA) is 61.8 Å². The molecule has 1 aromatic carbocycles. The molecule has 2 heterocycles. The number of ketones is 1. The van der Waals surface area contributed by atoms with Crippen LogP contribution >= 0.6 is 0 Å². The second-order valence-corrected chi connectivity index (χ2v) is 8.36. The van der Waals surface area contributed by atoms with Crippen molar-refractivity contribution in [3.8, 4) is 0 Å². The van der Waals surface area contributed by atoms with E-state index in [0.29, 0.717) is 18.4 Å². The second kappa shape index (κ2) is 8.18. The maximum absolute atomic E-state index is 12.8. The summed E-state index contributed by atoms with van der Waals surface area (Å²) in [7, 11) is 0. The SMILES string of the molecule is Cc1cc(C)c2c(c1)CCCC1OC(C)(C)OC1C(=O)/C=C\CC(C)OC2=O. The zero-order valence-electron chi connectivity index (χ0n) is 17.4. The molecule has 5 nitrogen and oxygen atoms in total. The lowest BCUT2D eigenvalue weighted by atomic mass is 9.93. The third kappa shape index (κ3) is 4.70. The minimum Gasteiger partial charge on any atom is -0.459 e. The molecular formula is C23H30O5. The predicted octanol–water partition coefficient (Wildman–Crippen LogP) is 4.22. The van der Waals surface area contributed by atoms with Crippen LogP contribution in [0, 0.1) is 13.8 Å². The Bertz CT molecular complexity index is 792. The van der Waals surface area contributed by atoms with Crippen LogP contribution in [0.5, 0.6) is 0 Å². The number of fused-ring (bicyclic) bond motifs is 2. The molecule has 0 aromatic heterocycles. The average molecular weight is 386 g/mol. The maximum Gasteiger partial charge on any atom is 0.338 e. The Labute approximate surface area is 167 Å². The minimum atomic E-state index is -0.774. The first-order valence-corrected chi connectivity index (χ1v) is 10.0. The van der Waals surface area contributed by atoms with Gasteiger partial charge in [0.2, 0.25) is 0 Å². The van der Waals surface area contributed by atoms with E-state index in [-0.39, 0.29) is 24.0 Å². The van der Waals surface area contributed by atoms with Crippen LogP contribution in [0.15, 0.2) is 24.3 Å². The first-order chi connectivity index (χ1) is 13.2. The molecule has 0 spiro atoms. The lowest BCUT2D eigenvalue weighted by molar-refractivity contribution is -0.153. The van der Waals surface area contributed by atoms with Crippen molar-refractivity contribution in [1.82, 2.24) is 0 Å². The number of esters is 1. The number of aryl methyl sites for hydroxylation is 3. The molecule has 0 bridgehead atoms. The standard InChI is InChI=1S/C23H30O5/c1-14-12-15(2)20-17(13-14)9-7-11-19-21(28-23(4,5)27-19)18(24)10-6-8-16(3)26-22(20)25/h6,10,12-13,16,19,21H,7-9,11H2,1-5H3/b10-6-. The van der Waals surface area contributed by atoms with Crippen molar-refractivity contribution in [2.45, 2.75) is 84.4 Å². The number of carbonyl (C=O) groups is 2. The molecule has 1 saturated heterocycles. The van der Waals surface area contributed by atoms with E-state index in [1.165, 1.54) is 6.08 Å². The molecule has 2 aliphatic rings. The first kappa shape index (κ1) is 20.7. The molecule has 0 N–H and O–H groups in total. The van der Waals surface area contributed by atoms with Gasteiger partial charge in [0.05, 0.1) is 11.7 Å². The predicted molar refractivity (Wildman–Crippen MR) is 106 cm³/mol. The Balaban J connectivity index is 1.91. The Morgan fingerprint density at radius 1 is 1.11 bits per heavy atom. The van der Waals surface area contributed by atoms with Crippen LogP contribution < -0.4 is 0 Å². The van der Waals surface area contributed by atoms with Crippen LogP contribution in [0.25, 0.3) is 0 Å². The lowest BCUT2D eigenvalue weighted by Gasteiger charge is -2.19. The highest BCUT2D eigenvalue weighted by atomic mass is 16.8. The Morgan fingerprint density at radius 3 is 2.61 bits per heavy atom. The van der Waals surface area contributed by atoms with Crippen LogP contribution in [0.1, 0.15) is 67.1 Å². The van der Waals surface area contributed by atoms with Gasteiger partial charge in [-0.3, -0.25) is 4.79 Å². The summed E-state index contributed by atoms with van der Waals surface area (Å²) >= 11 is 0. The molecule has 3 rings (SSSR count). The zero-order chi connectivity index (χ0) is 20.5. The number of benzene rings is 1. The highest BCUT2D eigenvalue weighted by Gasteiger charge is 2.43. The summed E-state index contributed by atoms with van der Waals surface area (Å²) in [5, 5.41) is 0. The molecule has 28 heavy (non-hydrogen) atoms. The molecule has 0 radical (unpaired) electrons. The Kier molecular flexibility index (Phi) is 6.06. The fourth-order valence-electron chi connectivity index (χ4n) is 4.09. The fourth-order valence-corrected chi connectivity index (χ4v) is 4.09. The molecule has 1 fully saturated rings. The Morgan fingerprint density at radius 2 is 1.86 bits per heavy atom. The number of hydrogen-bond acceptors (Lipinski definition) is 5. The van der Waals surface area contributed by atoms with Crippen molar-refractivity contribution in [2.24, 2.45) is 0 Å². The van der Waals surface area contributed by atoms with Gasteiger partial charge < -0.3 is 14.2 Å². The summed E-state index contributed by atoms with van der Waals surface area (Å²) in [6.45, 7) is 9.49. The van der Waals surface area contributed by atoms with Crippen LogP contribution in [-0.2, 0) is 25.4 Å². The molecule has 3 atom stereocenters. The smallest absolute Gasteiger partial charge is 0.338 e. The third-order valence-electron chi connectivity index (χ3n) is 5.22. The normalized spacial score (nSPS) is 29.4. The molecule has 5 heteroatoms. The van der Waals surface area contributed by atoms with E-state index < -0.39 is 11.9 Å². The van der Waals surface area contributed by atoms with E-state index in [1.54, 1.807) is 6.08 Å². The van der Waals surface area contributed by atoms with Crippen LogP contribution in [0.2, 0.25) is 0 Å². The molecule has 3 unspecified atom stereocenters. The molecule has 152 valence electrons. The number of rotatable bonds is 0. The van der Waals surface area contributed by atoms with Gasteiger partial charge in [0.15, 0.2) is 11.6 Å².